The van der Waals surface area contributed by atoms with Crippen molar-refractivity contribution in [3.8, 4) is 0 Å². The molecule has 0 amide bonds. The molecule has 2 aliphatic rings. The van der Waals surface area contributed by atoms with Crippen molar-refractivity contribution in [3.63, 3.8) is 0 Å². The van der Waals surface area contributed by atoms with Crippen LogP contribution in [-0.4, -0.2) is 42.5 Å². The number of fused-ring (bicyclic) bond motifs is 1. The predicted molar refractivity (Wildman–Crippen MR) is 79.1 cm³/mol. The van der Waals surface area contributed by atoms with Crippen molar-refractivity contribution in [2.45, 2.75) is 25.3 Å². The third kappa shape index (κ3) is 2.38. The van der Waals surface area contributed by atoms with Gasteiger partial charge in [0.2, 0.25) is 0 Å². The summed E-state index contributed by atoms with van der Waals surface area (Å²) in [6, 6.07) is 7.63. The van der Waals surface area contributed by atoms with Gasteiger partial charge in [-0.2, -0.15) is 0 Å². The molecule has 0 radical (unpaired) electrons. The second-order valence-electron chi connectivity index (χ2n) is 5.96. The molecule has 108 valence electrons. The van der Waals surface area contributed by atoms with Crippen LogP contribution in [0.3, 0.4) is 0 Å². The highest BCUT2D eigenvalue weighted by atomic mass is 16.6. The zero-order valence-corrected chi connectivity index (χ0v) is 11.9. The van der Waals surface area contributed by atoms with Gasteiger partial charge >= 0.3 is 0 Å². The fourth-order valence-corrected chi connectivity index (χ4v) is 3.75. The van der Waals surface area contributed by atoms with Gasteiger partial charge in [0.1, 0.15) is 5.69 Å². The van der Waals surface area contributed by atoms with Crippen LogP contribution in [0.1, 0.15) is 19.3 Å². The van der Waals surface area contributed by atoms with Crippen molar-refractivity contribution in [1.82, 2.24) is 4.90 Å². The molecule has 5 heteroatoms. The number of nitro benzene ring substituents is 1. The Balaban J connectivity index is 1.91. The normalized spacial score (nSPS) is 27.1. The number of benzene rings is 1. The SMILES string of the molecule is CN1CC[C@H]2[C@H](CCCN2c2ccccc2[N+](=O)[O-])C1. The van der Waals surface area contributed by atoms with Crippen LogP contribution in [0.4, 0.5) is 11.4 Å². The van der Waals surface area contributed by atoms with Crippen molar-refractivity contribution >= 4 is 11.4 Å². The molecule has 5 nitrogen and oxygen atoms in total. The Morgan fingerprint density at radius 3 is 2.85 bits per heavy atom. The first kappa shape index (κ1) is 13.4. The molecule has 0 aliphatic carbocycles. The van der Waals surface area contributed by atoms with Crippen molar-refractivity contribution in [3.05, 3.63) is 34.4 Å². The van der Waals surface area contributed by atoms with E-state index in [2.05, 4.69) is 16.8 Å². The molecule has 0 aromatic heterocycles. The van der Waals surface area contributed by atoms with Crippen LogP contribution in [-0.2, 0) is 0 Å². The summed E-state index contributed by atoms with van der Waals surface area (Å²) in [5.41, 5.74) is 1.05. The molecule has 0 saturated carbocycles. The second kappa shape index (κ2) is 5.40. The third-order valence-corrected chi connectivity index (χ3v) is 4.66. The second-order valence-corrected chi connectivity index (χ2v) is 5.96. The van der Waals surface area contributed by atoms with Gasteiger partial charge in [-0.25, -0.2) is 0 Å². The molecule has 1 aromatic carbocycles. The van der Waals surface area contributed by atoms with Gasteiger partial charge in [0.15, 0.2) is 0 Å². The quantitative estimate of drug-likeness (QED) is 0.614. The highest BCUT2D eigenvalue weighted by Gasteiger charge is 2.36. The smallest absolute Gasteiger partial charge is 0.292 e. The maximum atomic E-state index is 11.2. The van der Waals surface area contributed by atoms with Crippen LogP contribution in [0.5, 0.6) is 0 Å². The summed E-state index contributed by atoms with van der Waals surface area (Å²) in [7, 11) is 2.17. The summed E-state index contributed by atoms with van der Waals surface area (Å²) in [5.74, 6) is 0.641. The number of nitro groups is 1. The van der Waals surface area contributed by atoms with E-state index < -0.39 is 0 Å². The van der Waals surface area contributed by atoms with E-state index in [1.165, 1.54) is 6.42 Å². The Morgan fingerprint density at radius 1 is 1.25 bits per heavy atom. The molecule has 3 rings (SSSR count). The minimum absolute atomic E-state index is 0.243. The molecule has 2 atom stereocenters. The number of hydrogen-bond donors (Lipinski definition) is 0. The van der Waals surface area contributed by atoms with Crippen LogP contribution in [0.15, 0.2) is 24.3 Å². The molecular weight excluding hydrogens is 254 g/mol. The van der Waals surface area contributed by atoms with E-state index in [0.717, 1.165) is 38.2 Å². The van der Waals surface area contributed by atoms with Gasteiger partial charge < -0.3 is 9.80 Å². The third-order valence-electron chi connectivity index (χ3n) is 4.66. The fraction of sp³-hybridized carbons (Fsp3) is 0.600. The maximum Gasteiger partial charge on any atom is 0.292 e. The fourth-order valence-electron chi connectivity index (χ4n) is 3.75. The average Bonchev–Trinajstić information content (AvgIpc) is 2.46. The molecule has 20 heavy (non-hydrogen) atoms. The summed E-state index contributed by atoms with van der Waals surface area (Å²) in [4.78, 5) is 15.7. The van der Waals surface area contributed by atoms with E-state index in [1.807, 2.05) is 12.1 Å². The van der Waals surface area contributed by atoms with Gasteiger partial charge in [-0.05, 0) is 44.8 Å². The lowest BCUT2D eigenvalue weighted by molar-refractivity contribution is -0.384. The predicted octanol–water partition coefficient (Wildman–Crippen LogP) is 2.52. The zero-order chi connectivity index (χ0) is 14.1. The highest BCUT2D eigenvalue weighted by Crippen LogP contribution is 2.37. The first-order chi connectivity index (χ1) is 9.66. The van der Waals surface area contributed by atoms with Crippen molar-refractivity contribution in [1.29, 1.82) is 0 Å². The van der Waals surface area contributed by atoms with E-state index in [9.17, 15) is 10.1 Å². The number of para-hydroxylation sites is 2. The number of hydrogen-bond acceptors (Lipinski definition) is 4. The minimum Gasteiger partial charge on any atom is -0.363 e. The van der Waals surface area contributed by atoms with Gasteiger partial charge in [0, 0.05) is 25.2 Å². The van der Waals surface area contributed by atoms with Crippen molar-refractivity contribution in [2.24, 2.45) is 5.92 Å². The Kier molecular flexibility index (Phi) is 3.61. The molecule has 0 N–H and O–H groups in total. The van der Waals surface area contributed by atoms with E-state index in [4.69, 9.17) is 0 Å². The van der Waals surface area contributed by atoms with Crippen LogP contribution in [0.25, 0.3) is 0 Å². The molecule has 0 unspecified atom stereocenters. The molecule has 0 bridgehead atoms. The van der Waals surface area contributed by atoms with Gasteiger partial charge in [-0.1, -0.05) is 12.1 Å². The van der Waals surface area contributed by atoms with Crippen LogP contribution < -0.4 is 4.90 Å². The number of rotatable bonds is 2. The average molecular weight is 275 g/mol. The first-order valence-corrected chi connectivity index (χ1v) is 7.35. The van der Waals surface area contributed by atoms with E-state index >= 15 is 0 Å². The Labute approximate surface area is 119 Å². The first-order valence-electron chi connectivity index (χ1n) is 7.35. The molecule has 2 heterocycles. The van der Waals surface area contributed by atoms with E-state index in [1.54, 1.807) is 12.1 Å². The van der Waals surface area contributed by atoms with Crippen molar-refractivity contribution < 1.29 is 4.92 Å². The summed E-state index contributed by atoms with van der Waals surface area (Å²) >= 11 is 0. The zero-order valence-electron chi connectivity index (χ0n) is 11.9. The van der Waals surface area contributed by atoms with Crippen LogP contribution in [0.2, 0.25) is 0 Å². The lowest BCUT2D eigenvalue weighted by Crippen LogP contribution is -2.53. The largest absolute Gasteiger partial charge is 0.363 e. The van der Waals surface area contributed by atoms with Gasteiger partial charge in [-0.15, -0.1) is 0 Å². The number of anilines is 1. The number of nitrogens with zero attached hydrogens (tertiary/aromatic N) is 3. The van der Waals surface area contributed by atoms with E-state index in [0.29, 0.717) is 12.0 Å². The maximum absolute atomic E-state index is 11.2. The molecule has 2 saturated heterocycles. The summed E-state index contributed by atoms with van der Waals surface area (Å²) in [5, 5.41) is 11.2. The van der Waals surface area contributed by atoms with Crippen molar-refractivity contribution in [2.75, 3.05) is 31.6 Å². The molecule has 2 fully saturated rings. The van der Waals surface area contributed by atoms with Gasteiger partial charge in [0.25, 0.3) is 5.69 Å². The Bertz CT molecular complexity index is 506. The lowest BCUT2D eigenvalue weighted by atomic mass is 9.83. The number of likely N-dealkylation sites (tertiary alicyclic amines) is 1. The lowest BCUT2D eigenvalue weighted by Gasteiger charge is -2.47. The summed E-state index contributed by atoms with van der Waals surface area (Å²) < 4.78 is 0. The molecule has 2 aliphatic heterocycles. The monoisotopic (exact) mass is 275 g/mol. The van der Waals surface area contributed by atoms with Gasteiger partial charge in [0.05, 0.1) is 4.92 Å². The molecular formula is C15H21N3O2. The number of piperidine rings is 2. The van der Waals surface area contributed by atoms with E-state index in [-0.39, 0.29) is 10.6 Å². The Morgan fingerprint density at radius 2 is 2.05 bits per heavy atom. The molecule has 0 spiro atoms. The summed E-state index contributed by atoms with van der Waals surface area (Å²) in [6.45, 7) is 3.13. The minimum atomic E-state index is -0.256. The van der Waals surface area contributed by atoms with Gasteiger partial charge in [-0.3, -0.25) is 10.1 Å². The van der Waals surface area contributed by atoms with Crippen LogP contribution >= 0.6 is 0 Å². The molecule has 1 aromatic rings. The topological polar surface area (TPSA) is 49.6 Å². The summed E-state index contributed by atoms with van der Waals surface area (Å²) in [6.07, 6.45) is 3.47. The highest BCUT2D eigenvalue weighted by molar-refractivity contribution is 5.64. The Hall–Kier alpha value is -1.62. The van der Waals surface area contributed by atoms with Crippen LogP contribution in [0, 0.1) is 16.0 Å². The standard InChI is InChI=1S/C15H21N3O2/c1-16-10-8-13-12(11-16)5-4-9-17(13)14-6-2-3-7-15(14)18(19)20/h2-3,6-7,12-13H,4-5,8-11H2,1H3/t12-,13+/m1/s1.